The summed E-state index contributed by atoms with van der Waals surface area (Å²) in [4.78, 5) is 4.69. The molecule has 10 heteroatoms. The van der Waals surface area contributed by atoms with Gasteiger partial charge < -0.3 is 23.0 Å². The molecule has 0 saturated heterocycles. The monoisotopic (exact) mass is 611 g/mol. The highest BCUT2D eigenvalue weighted by molar-refractivity contribution is 7.41. The lowest BCUT2D eigenvalue weighted by Crippen LogP contribution is -2.35. The fourth-order valence-corrected chi connectivity index (χ4v) is 5.77. The van der Waals surface area contributed by atoms with Crippen LogP contribution in [0.15, 0.2) is 47.5 Å². The topological polar surface area (TPSA) is 58.5 Å². The standard InChI is InChI=1S/C32H45F3NO5P/c1-23-11-9-12-25(19-23)13-10-18-37-28-15-14-26(20-27(28)32(33,34)35)16-17-31(21-38-24(2)36-31)22-39-42(40-29(3,4)5)41-30(6,7)8/h9,11-12,14-15,19-20H,10,13,16-18,21-22H2,1-8H3. The molecule has 42 heavy (non-hydrogen) atoms. The predicted octanol–water partition coefficient (Wildman–Crippen LogP) is 9.02. The molecule has 0 bridgehead atoms. The van der Waals surface area contributed by atoms with Crippen LogP contribution >= 0.6 is 8.60 Å². The summed E-state index contributed by atoms with van der Waals surface area (Å²) in [6.07, 6.45) is -2.43. The quantitative estimate of drug-likeness (QED) is 0.167. The number of hydrogen-bond acceptors (Lipinski definition) is 6. The van der Waals surface area contributed by atoms with Crippen LogP contribution in [-0.2, 0) is 37.3 Å². The number of nitrogens with zero attached hydrogens (tertiary/aromatic N) is 1. The van der Waals surface area contributed by atoms with Gasteiger partial charge in [0, 0.05) is 6.92 Å². The summed E-state index contributed by atoms with van der Waals surface area (Å²) in [5, 5.41) is 0. The Morgan fingerprint density at radius 2 is 1.57 bits per heavy atom. The highest BCUT2D eigenvalue weighted by atomic mass is 31.2. The van der Waals surface area contributed by atoms with Crippen molar-refractivity contribution in [2.24, 2.45) is 4.99 Å². The van der Waals surface area contributed by atoms with Crippen LogP contribution in [0.5, 0.6) is 5.75 Å². The fraction of sp³-hybridized carbons (Fsp3) is 0.594. The van der Waals surface area contributed by atoms with Crippen molar-refractivity contribution in [3.05, 3.63) is 64.7 Å². The SMILES string of the molecule is CC1=NC(CCc2ccc(OCCCc3cccc(C)c3)c(C(F)(F)F)c2)(COP(OC(C)(C)C)OC(C)(C)C)CO1. The first-order chi connectivity index (χ1) is 19.4. The lowest BCUT2D eigenvalue weighted by atomic mass is 9.93. The lowest BCUT2D eigenvalue weighted by molar-refractivity contribution is -0.139. The van der Waals surface area contributed by atoms with Crippen molar-refractivity contribution >= 4 is 14.5 Å². The lowest BCUT2D eigenvalue weighted by Gasteiger charge is -2.32. The normalized spacial score (nSPS) is 17.9. The van der Waals surface area contributed by atoms with Gasteiger partial charge in [-0.05, 0) is 97.4 Å². The molecule has 0 radical (unpaired) electrons. The molecule has 1 aliphatic rings. The highest BCUT2D eigenvalue weighted by Gasteiger charge is 2.39. The third-order valence-electron chi connectivity index (χ3n) is 6.26. The summed E-state index contributed by atoms with van der Waals surface area (Å²) < 4.78 is 71.6. The number of ether oxygens (including phenoxy) is 2. The average Bonchev–Trinajstić information content (AvgIpc) is 3.23. The Bertz CT molecular complexity index is 1190. The molecule has 0 spiro atoms. The maximum atomic E-state index is 14.0. The van der Waals surface area contributed by atoms with E-state index in [0.29, 0.717) is 30.7 Å². The molecule has 0 aromatic heterocycles. The molecule has 3 rings (SSSR count). The Kier molecular flexibility index (Phi) is 11.5. The maximum Gasteiger partial charge on any atom is 0.419 e. The zero-order chi connectivity index (χ0) is 31.2. The van der Waals surface area contributed by atoms with Crippen LogP contribution in [0.2, 0.25) is 0 Å². The fourth-order valence-electron chi connectivity index (χ4n) is 4.39. The second-order valence-electron chi connectivity index (χ2n) is 12.8. The van der Waals surface area contributed by atoms with Gasteiger partial charge in [-0.3, -0.25) is 0 Å². The summed E-state index contributed by atoms with van der Waals surface area (Å²) in [6.45, 7) is 15.9. The van der Waals surface area contributed by atoms with Gasteiger partial charge in [-0.1, -0.05) is 35.9 Å². The van der Waals surface area contributed by atoms with Crippen LogP contribution in [0.1, 0.15) is 83.6 Å². The smallest absolute Gasteiger partial charge is 0.419 e. The van der Waals surface area contributed by atoms with E-state index < -0.39 is 37.1 Å². The van der Waals surface area contributed by atoms with Crippen molar-refractivity contribution in [3.8, 4) is 5.75 Å². The van der Waals surface area contributed by atoms with Crippen molar-refractivity contribution in [3.63, 3.8) is 0 Å². The molecule has 1 heterocycles. The number of hydrogen-bond donors (Lipinski definition) is 0. The molecule has 0 aliphatic carbocycles. The van der Waals surface area contributed by atoms with Gasteiger partial charge in [0.1, 0.15) is 17.9 Å². The van der Waals surface area contributed by atoms with E-state index in [2.05, 4.69) is 6.07 Å². The molecule has 2 aromatic rings. The number of alkyl halides is 3. The molecule has 234 valence electrons. The van der Waals surface area contributed by atoms with Crippen LogP contribution in [-0.4, -0.2) is 42.5 Å². The first-order valence-corrected chi connectivity index (χ1v) is 15.4. The highest BCUT2D eigenvalue weighted by Crippen LogP contribution is 2.48. The van der Waals surface area contributed by atoms with E-state index in [9.17, 15) is 13.2 Å². The summed E-state index contributed by atoms with van der Waals surface area (Å²) in [6, 6.07) is 12.4. The van der Waals surface area contributed by atoms with Crippen molar-refractivity contribution in [2.75, 3.05) is 19.8 Å². The second kappa shape index (κ2) is 14.1. The molecule has 1 atom stereocenters. The number of aryl methyl sites for hydroxylation is 3. The molecular formula is C32H45F3NO5P. The minimum Gasteiger partial charge on any atom is -0.493 e. The van der Waals surface area contributed by atoms with Crippen molar-refractivity contribution < 1.29 is 36.2 Å². The Morgan fingerprint density at radius 3 is 2.14 bits per heavy atom. The van der Waals surface area contributed by atoms with Crippen LogP contribution in [0.3, 0.4) is 0 Å². The zero-order valence-electron chi connectivity index (χ0n) is 26.1. The Balaban J connectivity index is 1.67. The summed E-state index contributed by atoms with van der Waals surface area (Å²) in [7, 11) is -1.70. The van der Waals surface area contributed by atoms with Gasteiger partial charge in [0.15, 0.2) is 5.90 Å². The second-order valence-corrected chi connectivity index (χ2v) is 13.9. The van der Waals surface area contributed by atoms with E-state index in [4.69, 9.17) is 28.0 Å². The Morgan fingerprint density at radius 1 is 0.905 bits per heavy atom. The third-order valence-corrected chi connectivity index (χ3v) is 7.99. The molecule has 6 nitrogen and oxygen atoms in total. The third kappa shape index (κ3) is 11.5. The van der Waals surface area contributed by atoms with Gasteiger partial charge >= 0.3 is 14.8 Å². The van der Waals surface area contributed by atoms with E-state index in [1.807, 2.05) is 66.7 Å². The molecule has 0 amide bonds. The van der Waals surface area contributed by atoms with E-state index in [-0.39, 0.29) is 25.6 Å². The zero-order valence-corrected chi connectivity index (χ0v) is 27.0. The average molecular weight is 612 g/mol. The van der Waals surface area contributed by atoms with Gasteiger partial charge in [0.25, 0.3) is 0 Å². The Labute approximate surface area is 250 Å². The van der Waals surface area contributed by atoms with Gasteiger partial charge in [-0.2, -0.15) is 13.2 Å². The molecule has 0 saturated carbocycles. The van der Waals surface area contributed by atoms with Crippen LogP contribution in [0, 0.1) is 6.92 Å². The largest absolute Gasteiger partial charge is 0.493 e. The van der Waals surface area contributed by atoms with E-state index in [1.54, 1.807) is 13.0 Å². The van der Waals surface area contributed by atoms with Gasteiger partial charge in [-0.25, -0.2) is 4.99 Å². The number of rotatable bonds is 13. The summed E-state index contributed by atoms with van der Waals surface area (Å²) in [5.74, 6) is 0.359. The molecule has 0 N–H and O–H groups in total. The molecule has 1 unspecified atom stereocenters. The van der Waals surface area contributed by atoms with Crippen LogP contribution in [0.4, 0.5) is 13.2 Å². The molecule has 1 aliphatic heterocycles. The minimum absolute atomic E-state index is 0.149. The van der Waals surface area contributed by atoms with Crippen molar-refractivity contribution in [2.45, 2.75) is 104 Å². The van der Waals surface area contributed by atoms with Crippen molar-refractivity contribution in [1.82, 2.24) is 0 Å². The Hall–Kier alpha value is -2.19. The first-order valence-electron chi connectivity index (χ1n) is 14.3. The van der Waals surface area contributed by atoms with Gasteiger partial charge in [0.2, 0.25) is 0 Å². The molecule has 2 aromatic carbocycles. The minimum atomic E-state index is -4.54. The van der Waals surface area contributed by atoms with Crippen molar-refractivity contribution in [1.29, 1.82) is 0 Å². The first kappa shape index (κ1) is 34.3. The van der Waals surface area contributed by atoms with E-state index >= 15 is 0 Å². The number of aliphatic imine (C=N–C) groups is 1. The molecular weight excluding hydrogens is 566 g/mol. The summed E-state index contributed by atoms with van der Waals surface area (Å²) in [5.41, 5.74) is 0.299. The van der Waals surface area contributed by atoms with Gasteiger partial charge in [0.05, 0.1) is 30.0 Å². The predicted molar refractivity (Wildman–Crippen MR) is 161 cm³/mol. The van der Waals surface area contributed by atoms with Gasteiger partial charge in [-0.15, -0.1) is 0 Å². The van der Waals surface area contributed by atoms with Crippen LogP contribution < -0.4 is 4.74 Å². The van der Waals surface area contributed by atoms with E-state index in [0.717, 1.165) is 17.5 Å². The van der Waals surface area contributed by atoms with Crippen LogP contribution in [0.25, 0.3) is 0 Å². The molecule has 0 fully saturated rings. The van der Waals surface area contributed by atoms with E-state index in [1.165, 1.54) is 12.1 Å². The number of halogens is 3. The summed E-state index contributed by atoms with van der Waals surface area (Å²) >= 11 is 0. The maximum absolute atomic E-state index is 14.0. The number of benzene rings is 2.